The molecule has 0 unspecified atom stereocenters. The Kier molecular flexibility index (Phi) is 3.74. The van der Waals surface area contributed by atoms with Crippen molar-refractivity contribution in [2.45, 2.75) is 39.7 Å². The van der Waals surface area contributed by atoms with E-state index >= 15 is 0 Å². The lowest BCUT2D eigenvalue weighted by atomic mass is 10.1. The minimum Gasteiger partial charge on any atom is -0.317 e. The minimum absolute atomic E-state index is 0.362. The number of hydrogen-bond acceptors (Lipinski definition) is 2. The van der Waals surface area contributed by atoms with Crippen molar-refractivity contribution >= 4 is 0 Å². The molecule has 0 bridgehead atoms. The van der Waals surface area contributed by atoms with Crippen LogP contribution in [0.4, 0.5) is 0 Å². The first-order chi connectivity index (χ1) is 6.04. The molecular formula is C11H24N2. The van der Waals surface area contributed by atoms with E-state index < -0.39 is 0 Å². The summed E-state index contributed by atoms with van der Waals surface area (Å²) in [5.74, 6) is 0.874. The molecule has 1 aliphatic heterocycles. The smallest absolute Gasteiger partial charge is 0.0125 e. The van der Waals surface area contributed by atoms with Crippen molar-refractivity contribution in [3.63, 3.8) is 0 Å². The topological polar surface area (TPSA) is 15.3 Å². The summed E-state index contributed by atoms with van der Waals surface area (Å²) in [5, 5.41) is 3.44. The molecule has 1 heterocycles. The minimum atomic E-state index is 0.362. The maximum absolute atomic E-state index is 3.44. The molecule has 0 radical (unpaired) electrons. The van der Waals surface area contributed by atoms with Gasteiger partial charge in [0.05, 0.1) is 0 Å². The molecule has 0 aliphatic carbocycles. The van der Waals surface area contributed by atoms with Gasteiger partial charge in [0, 0.05) is 12.1 Å². The molecular weight excluding hydrogens is 160 g/mol. The second-order valence-corrected chi connectivity index (χ2v) is 5.08. The van der Waals surface area contributed by atoms with Gasteiger partial charge in [-0.15, -0.1) is 0 Å². The first-order valence-electron chi connectivity index (χ1n) is 5.50. The number of rotatable bonds is 3. The predicted molar refractivity (Wildman–Crippen MR) is 58.0 cm³/mol. The largest absolute Gasteiger partial charge is 0.317 e. The average Bonchev–Trinajstić information content (AvgIpc) is 2.47. The molecule has 0 spiro atoms. The summed E-state index contributed by atoms with van der Waals surface area (Å²) >= 11 is 0. The molecule has 0 aromatic carbocycles. The zero-order chi connectivity index (χ0) is 9.90. The molecule has 2 nitrogen and oxygen atoms in total. The monoisotopic (exact) mass is 184 g/mol. The van der Waals surface area contributed by atoms with Crippen LogP contribution < -0.4 is 5.32 Å². The normalized spacial score (nSPS) is 25.4. The molecule has 0 aromatic rings. The highest BCUT2D eigenvalue weighted by atomic mass is 15.2. The van der Waals surface area contributed by atoms with E-state index in [0.717, 1.165) is 12.5 Å². The highest BCUT2D eigenvalue weighted by Crippen LogP contribution is 2.23. The molecule has 0 aromatic heterocycles. The Bertz CT molecular complexity index is 149. The molecule has 0 saturated carbocycles. The third-order valence-corrected chi connectivity index (χ3v) is 2.92. The molecule has 1 aliphatic rings. The van der Waals surface area contributed by atoms with Gasteiger partial charge in [-0.1, -0.05) is 6.92 Å². The maximum Gasteiger partial charge on any atom is 0.0125 e. The number of likely N-dealkylation sites (tertiary alicyclic amines) is 1. The molecule has 1 fully saturated rings. The third kappa shape index (κ3) is 3.28. The molecule has 0 amide bonds. The van der Waals surface area contributed by atoms with Gasteiger partial charge in [-0.05, 0) is 52.7 Å². The second kappa shape index (κ2) is 4.43. The Balaban J connectivity index is 2.28. The van der Waals surface area contributed by atoms with Crippen LogP contribution in [0.15, 0.2) is 0 Å². The van der Waals surface area contributed by atoms with E-state index in [-0.39, 0.29) is 0 Å². The molecule has 78 valence electrons. The van der Waals surface area contributed by atoms with Gasteiger partial charge in [-0.2, -0.15) is 0 Å². The van der Waals surface area contributed by atoms with Crippen LogP contribution >= 0.6 is 0 Å². The fourth-order valence-corrected chi connectivity index (χ4v) is 1.96. The van der Waals surface area contributed by atoms with Crippen LogP contribution in [0.3, 0.4) is 0 Å². The van der Waals surface area contributed by atoms with Gasteiger partial charge < -0.3 is 5.32 Å². The summed E-state index contributed by atoms with van der Waals surface area (Å²) in [6, 6.07) is 0. The summed E-state index contributed by atoms with van der Waals surface area (Å²) in [5.41, 5.74) is 0.362. The van der Waals surface area contributed by atoms with E-state index in [4.69, 9.17) is 0 Å². The van der Waals surface area contributed by atoms with Gasteiger partial charge in [-0.25, -0.2) is 0 Å². The van der Waals surface area contributed by atoms with Crippen LogP contribution in [0.1, 0.15) is 34.1 Å². The van der Waals surface area contributed by atoms with E-state index in [0.29, 0.717) is 5.54 Å². The Hall–Kier alpha value is -0.0800. The number of hydrogen-bond donors (Lipinski definition) is 1. The Morgan fingerprint density at radius 2 is 2.08 bits per heavy atom. The first-order valence-corrected chi connectivity index (χ1v) is 5.50. The van der Waals surface area contributed by atoms with Gasteiger partial charge in [0.25, 0.3) is 0 Å². The summed E-state index contributed by atoms with van der Waals surface area (Å²) < 4.78 is 0. The second-order valence-electron chi connectivity index (χ2n) is 5.08. The first kappa shape index (κ1) is 11.0. The van der Waals surface area contributed by atoms with E-state index in [9.17, 15) is 0 Å². The zero-order valence-corrected chi connectivity index (χ0v) is 9.56. The maximum atomic E-state index is 3.44. The van der Waals surface area contributed by atoms with Crippen molar-refractivity contribution in [2.75, 3.05) is 26.2 Å². The fraction of sp³-hybridized carbons (Fsp3) is 1.00. The van der Waals surface area contributed by atoms with E-state index in [1.807, 2.05) is 0 Å². The Labute approximate surface area is 82.7 Å². The van der Waals surface area contributed by atoms with Crippen molar-refractivity contribution in [3.8, 4) is 0 Å². The van der Waals surface area contributed by atoms with Gasteiger partial charge in [0.15, 0.2) is 0 Å². The number of nitrogens with zero attached hydrogens (tertiary/aromatic N) is 1. The zero-order valence-electron chi connectivity index (χ0n) is 9.56. The van der Waals surface area contributed by atoms with E-state index in [1.165, 1.54) is 26.1 Å². The molecule has 1 N–H and O–H groups in total. The lowest BCUT2D eigenvalue weighted by Gasteiger charge is -2.31. The molecule has 13 heavy (non-hydrogen) atoms. The van der Waals surface area contributed by atoms with Crippen molar-refractivity contribution in [1.29, 1.82) is 0 Å². The summed E-state index contributed by atoms with van der Waals surface area (Å²) in [6.07, 6.45) is 1.37. The van der Waals surface area contributed by atoms with Crippen LogP contribution in [-0.4, -0.2) is 36.6 Å². The quantitative estimate of drug-likeness (QED) is 0.718. The summed E-state index contributed by atoms with van der Waals surface area (Å²) in [6.45, 7) is 14.0. The number of nitrogens with one attached hydrogen (secondary N) is 1. The van der Waals surface area contributed by atoms with E-state index in [1.54, 1.807) is 0 Å². The van der Waals surface area contributed by atoms with Gasteiger partial charge in [0.1, 0.15) is 0 Å². The van der Waals surface area contributed by atoms with Crippen molar-refractivity contribution < 1.29 is 0 Å². The van der Waals surface area contributed by atoms with Crippen LogP contribution in [0.2, 0.25) is 0 Å². The fourth-order valence-electron chi connectivity index (χ4n) is 1.96. The Morgan fingerprint density at radius 3 is 2.54 bits per heavy atom. The molecule has 1 atom stereocenters. The van der Waals surface area contributed by atoms with E-state index in [2.05, 4.69) is 37.9 Å². The predicted octanol–water partition coefficient (Wildman–Crippen LogP) is 1.72. The summed E-state index contributed by atoms with van der Waals surface area (Å²) in [4.78, 5) is 2.59. The molecule has 1 rings (SSSR count). The lowest BCUT2D eigenvalue weighted by molar-refractivity contribution is 0.168. The van der Waals surface area contributed by atoms with Crippen LogP contribution in [0.25, 0.3) is 0 Å². The van der Waals surface area contributed by atoms with Crippen LogP contribution in [-0.2, 0) is 0 Å². The Morgan fingerprint density at radius 1 is 1.38 bits per heavy atom. The third-order valence-electron chi connectivity index (χ3n) is 2.92. The van der Waals surface area contributed by atoms with Gasteiger partial charge in [0.2, 0.25) is 0 Å². The van der Waals surface area contributed by atoms with Crippen molar-refractivity contribution in [3.05, 3.63) is 0 Å². The van der Waals surface area contributed by atoms with Crippen molar-refractivity contribution in [2.24, 2.45) is 5.92 Å². The standard InChI is InChI=1S/C11H24N2/c1-5-12-8-10-6-7-13(9-10)11(2,3)4/h10,12H,5-9H2,1-4H3/t10-/m1/s1. The molecule has 1 saturated heterocycles. The highest BCUT2D eigenvalue weighted by molar-refractivity contribution is 4.85. The SMILES string of the molecule is CCNC[C@H]1CCN(C(C)(C)C)C1. The molecule has 2 heteroatoms. The average molecular weight is 184 g/mol. The van der Waals surface area contributed by atoms with Crippen LogP contribution in [0.5, 0.6) is 0 Å². The van der Waals surface area contributed by atoms with Gasteiger partial charge >= 0.3 is 0 Å². The van der Waals surface area contributed by atoms with Crippen LogP contribution in [0, 0.1) is 5.92 Å². The summed E-state index contributed by atoms with van der Waals surface area (Å²) in [7, 11) is 0. The van der Waals surface area contributed by atoms with Crippen molar-refractivity contribution in [1.82, 2.24) is 10.2 Å². The lowest BCUT2D eigenvalue weighted by Crippen LogP contribution is -2.40. The van der Waals surface area contributed by atoms with Gasteiger partial charge in [-0.3, -0.25) is 4.90 Å². The highest BCUT2D eigenvalue weighted by Gasteiger charge is 2.29.